The van der Waals surface area contributed by atoms with Crippen molar-refractivity contribution >= 4 is 23.6 Å². The van der Waals surface area contributed by atoms with E-state index in [1.54, 1.807) is 10.8 Å². The van der Waals surface area contributed by atoms with Gasteiger partial charge in [-0.25, -0.2) is 8.78 Å². The molecule has 0 saturated carbocycles. The van der Waals surface area contributed by atoms with Gasteiger partial charge < -0.3 is 11.1 Å². The molecule has 0 spiro atoms. The summed E-state index contributed by atoms with van der Waals surface area (Å²) >= 11 is 0. The monoisotopic (exact) mass is 458 g/mol. The van der Waals surface area contributed by atoms with Gasteiger partial charge in [-0.3, -0.25) is 14.3 Å². The van der Waals surface area contributed by atoms with Gasteiger partial charge in [0.25, 0.3) is 5.91 Å². The Balaban J connectivity index is 1.60. The summed E-state index contributed by atoms with van der Waals surface area (Å²) in [5.74, 6) is -3.86. The van der Waals surface area contributed by atoms with Crippen LogP contribution in [-0.4, -0.2) is 21.6 Å². The Bertz CT molecular complexity index is 1370. The van der Waals surface area contributed by atoms with Crippen LogP contribution in [0.1, 0.15) is 21.5 Å². The Kier molecular flexibility index (Phi) is 6.59. The maximum absolute atomic E-state index is 14.1. The first-order valence-electron chi connectivity index (χ1n) is 10.4. The molecule has 0 unspecified atom stereocenters. The highest BCUT2D eigenvalue weighted by Gasteiger charge is 2.15. The first-order valence-corrected chi connectivity index (χ1v) is 10.4. The second-order valence-electron chi connectivity index (χ2n) is 7.48. The molecule has 0 saturated heterocycles. The molecule has 8 heteroatoms. The van der Waals surface area contributed by atoms with E-state index < -0.39 is 29.0 Å². The van der Waals surface area contributed by atoms with E-state index in [1.807, 2.05) is 66.9 Å². The molecular weight excluding hydrogens is 438 g/mol. The largest absolute Gasteiger partial charge is 0.366 e. The van der Waals surface area contributed by atoms with Crippen LogP contribution in [0.3, 0.4) is 0 Å². The molecule has 0 fully saturated rings. The fourth-order valence-corrected chi connectivity index (χ4v) is 3.40. The number of amides is 2. The van der Waals surface area contributed by atoms with E-state index in [0.717, 1.165) is 17.2 Å². The standard InChI is InChI=1S/C26H20F2N4O2/c27-21-14-22(28)23(13-20(21)26(29)34)30-24(33)12-11-19-16-32(15-17-7-3-1-4-8-17)31-25(19)18-9-5-2-6-10-18/h1-14,16H,15H2,(H2,29,34)(H,30,33)/b12-11+. The highest BCUT2D eigenvalue weighted by molar-refractivity contribution is 6.03. The van der Waals surface area contributed by atoms with Crippen molar-refractivity contribution in [2.24, 2.45) is 5.73 Å². The van der Waals surface area contributed by atoms with Crippen LogP contribution in [0.15, 0.2) is 85.1 Å². The number of hydrogen-bond acceptors (Lipinski definition) is 3. The maximum atomic E-state index is 14.1. The quantitative estimate of drug-likeness (QED) is 0.396. The molecule has 3 aromatic carbocycles. The van der Waals surface area contributed by atoms with Gasteiger partial charge >= 0.3 is 0 Å². The number of nitrogens with two attached hydrogens (primary N) is 1. The molecule has 0 radical (unpaired) electrons. The summed E-state index contributed by atoms with van der Waals surface area (Å²) in [6, 6.07) is 20.7. The third kappa shape index (κ3) is 5.24. The van der Waals surface area contributed by atoms with Gasteiger partial charge in [0.15, 0.2) is 0 Å². The van der Waals surface area contributed by atoms with Gasteiger partial charge in [0, 0.05) is 29.5 Å². The summed E-state index contributed by atoms with van der Waals surface area (Å²) in [5, 5.41) is 6.98. The zero-order valence-corrected chi connectivity index (χ0v) is 17.9. The molecule has 1 aromatic heterocycles. The average molecular weight is 458 g/mol. The van der Waals surface area contributed by atoms with E-state index in [1.165, 1.54) is 6.08 Å². The SMILES string of the molecule is NC(=O)c1cc(NC(=O)/C=C/c2cn(Cc3ccccc3)nc2-c2ccccc2)c(F)cc1F. The topological polar surface area (TPSA) is 90.0 Å². The smallest absolute Gasteiger partial charge is 0.251 e. The number of benzene rings is 3. The Morgan fingerprint density at radius 2 is 1.65 bits per heavy atom. The number of halogens is 2. The fourth-order valence-electron chi connectivity index (χ4n) is 3.40. The second-order valence-corrected chi connectivity index (χ2v) is 7.48. The Labute approximate surface area is 194 Å². The van der Waals surface area contributed by atoms with Crippen molar-refractivity contribution in [1.82, 2.24) is 9.78 Å². The van der Waals surface area contributed by atoms with Crippen molar-refractivity contribution in [2.45, 2.75) is 6.54 Å². The first-order chi connectivity index (χ1) is 16.4. The van der Waals surface area contributed by atoms with Crippen LogP contribution in [-0.2, 0) is 11.3 Å². The molecule has 34 heavy (non-hydrogen) atoms. The van der Waals surface area contributed by atoms with Crippen LogP contribution in [0.4, 0.5) is 14.5 Å². The summed E-state index contributed by atoms with van der Waals surface area (Å²) in [6.45, 7) is 0.539. The Morgan fingerprint density at radius 3 is 2.32 bits per heavy atom. The zero-order chi connectivity index (χ0) is 24.1. The number of anilines is 1. The average Bonchev–Trinajstić information content (AvgIpc) is 3.23. The van der Waals surface area contributed by atoms with Crippen LogP contribution in [0.5, 0.6) is 0 Å². The molecule has 0 bridgehead atoms. The number of nitrogens with one attached hydrogen (secondary N) is 1. The van der Waals surface area contributed by atoms with E-state index >= 15 is 0 Å². The number of hydrogen-bond donors (Lipinski definition) is 2. The molecule has 0 aliphatic carbocycles. The van der Waals surface area contributed by atoms with Gasteiger partial charge in [0.2, 0.25) is 5.91 Å². The first kappa shape index (κ1) is 22.6. The van der Waals surface area contributed by atoms with Crippen LogP contribution < -0.4 is 11.1 Å². The van der Waals surface area contributed by atoms with Crippen LogP contribution in [0.25, 0.3) is 17.3 Å². The second kappa shape index (κ2) is 9.91. The lowest BCUT2D eigenvalue weighted by Crippen LogP contribution is -2.16. The van der Waals surface area contributed by atoms with Crippen molar-refractivity contribution in [3.05, 3.63) is 113 Å². The van der Waals surface area contributed by atoms with E-state index in [0.29, 0.717) is 23.9 Å². The summed E-state index contributed by atoms with van der Waals surface area (Å²) in [6.07, 6.45) is 4.58. The summed E-state index contributed by atoms with van der Waals surface area (Å²) < 4.78 is 29.5. The maximum Gasteiger partial charge on any atom is 0.251 e. The van der Waals surface area contributed by atoms with Crippen LogP contribution in [0, 0.1) is 11.6 Å². The molecule has 0 atom stereocenters. The number of nitrogens with zero attached hydrogens (tertiary/aromatic N) is 2. The minimum atomic E-state index is -1.10. The summed E-state index contributed by atoms with van der Waals surface area (Å²) in [7, 11) is 0. The highest BCUT2D eigenvalue weighted by Crippen LogP contribution is 2.24. The third-order valence-electron chi connectivity index (χ3n) is 5.02. The van der Waals surface area contributed by atoms with Crippen molar-refractivity contribution in [3.8, 4) is 11.3 Å². The van der Waals surface area contributed by atoms with Crippen molar-refractivity contribution in [1.29, 1.82) is 0 Å². The Morgan fingerprint density at radius 1 is 0.971 bits per heavy atom. The summed E-state index contributed by atoms with van der Waals surface area (Å²) in [4.78, 5) is 23.8. The minimum absolute atomic E-state index is 0.354. The molecular formula is C26H20F2N4O2. The number of carbonyl (C=O) groups is 2. The van der Waals surface area contributed by atoms with E-state index in [-0.39, 0.29) is 5.69 Å². The van der Waals surface area contributed by atoms with Gasteiger partial charge in [0.1, 0.15) is 11.6 Å². The highest BCUT2D eigenvalue weighted by atomic mass is 19.1. The van der Waals surface area contributed by atoms with Crippen LogP contribution >= 0.6 is 0 Å². The Hall–Kier alpha value is -4.59. The van der Waals surface area contributed by atoms with Gasteiger partial charge in [-0.05, 0) is 17.7 Å². The molecule has 2 amide bonds. The van der Waals surface area contributed by atoms with E-state index in [4.69, 9.17) is 5.73 Å². The molecule has 0 aliphatic rings. The molecule has 4 rings (SSSR count). The lowest BCUT2D eigenvalue weighted by Gasteiger charge is -2.06. The molecule has 4 aromatic rings. The van der Waals surface area contributed by atoms with E-state index in [2.05, 4.69) is 10.4 Å². The molecule has 0 aliphatic heterocycles. The number of aromatic nitrogens is 2. The number of primary amides is 1. The zero-order valence-electron chi connectivity index (χ0n) is 17.9. The van der Waals surface area contributed by atoms with Gasteiger partial charge in [-0.15, -0.1) is 0 Å². The fraction of sp³-hybridized carbons (Fsp3) is 0.0385. The summed E-state index contributed by atoms with van der Waals surface area (Å²) in [5.41, 5.74) is 7.50. The van der Waals surface area contributed by atoms with Gasteiger partial charge in [-0.2, -0.15) is 5.10 Å². The third-order valence-corrected chi connectivity index (χ3v) is 5.02. The van der Waals surface area contributed by atoms with Crippen molar-refractivity contribution in [3.63, 3.8) is 0 Å². The molecule has 170 valence electrons. The molecule has 1 heterocycles. The predicted octanol–water partition coefficient (Wildman–Crippen LogP) is 4.63. The number of carbonyl (C=O) groups excluding carboxylic acids is 2. The van der Waals surface area contributed by atoms with Crippen LogP contribution in [0.2, 0.25) is 0 Å². The lowest BCUT2D eigenvalue weighted by molar-refractivity contribution is -0.111. The van der Waals surface area contributed by atoms with Crippen molar-refractivity contribution in [2.75, 3.05) is 5.32 Å². The molecule has 3 N–H and O–H groups in total. The lowest BCUT2D eigenvalue weighted by atomic mass is 10.1. The van der Waals surface area contributed by atoms with Crippen molar-refractivity contribution < 1.29 is 18.4 Å². The minimum Gasteiger partial charge on any atom is -0.366 e. The van der Waals surface area contributed by atoms with E-state index in [9.17, 15) is 18.4 Å². The van der Waals surface area contributed by atoms with Gasteiger partial charge in [0.05, 0.1) is 23.5 Å². The number of rotatable bonds is 7. The predicted molar refractivity (Wildman–Crippen MR) is 126 cm³/mol. The normalized spacial score (nSPS) is 11.0. The molecule has 6 nitrogen and oxygen atoms in total. The van der Waals surface area contributed by atoms with Gasteiger partial charge in [-0.1, -0.05) is 60.7 Å².